The number of hydrogen-bond acceptors (Lipinski definition) is 2. The molecule has 3 atom stereocenters. The number of rotatable bonds is 2. The molecule has 96 valence electrons. The lowest BCUT2D eigenvalue weighted by molar-refractivity contribution is -0.131. The molecule has 1 aliphatic carbocycles. The Kier molecular flexibility index (Phi) is 2.82. The first-order chi connectivity index (χ1) is 8.65. The van der Waals surface area contributed by atoms with Gasteiger partial charge in [0.25, 0.3) is 0 Å². The molecule has 1 saturated heterocycles. The number of nitrogens with two attached hydrogens (primary N) is 1. The molecular weight excluding hydrogens is 231 g/mol. The summed E-state index contributed by atoms with van der Waals surface area (Å²) in [5.41, 5.74) is 6.75. The summed E-state index contributed by atoms with van der Waals surface area (Å²) in [6.07, 6.45) is 1.73. The summed E-state index contributed by atoms with van der Waals surface area (Å²) in [4.78, 5) is 14.1. The van der Waals surface area contributed by atoms with E-state index >= 15 is 0 Å². The van der Waals surface area contributed by atoms with Crippen molar-refractivity contribution in [1.29, 1.82) is 0 Å². The van der Waals surface area contributed by atoms with Gasteiger partial charge in [-0.1, -0.05) is 12.1 Å². The number of hydrogen-bond donors (Lipinski definition) is 1. The number of likely N-dealkylation sites (tertiary alicyclic amines) is 1. The zero-order valence-electron chi connectivity index (χ0n) is 10.2. The van der Waals surface area contributed by atoms with Crippen LogP contribution in [0.1, 0.15) is 24.3 Å². The van der Waals surface area contributed by atoms with Gasteiger partial charge in [-0.25, -0.2) is 4.39 Å². The number of benzene rings is 1. The average molecular weight is 248 g/mol. The van der Waals surface area contributed by atoms with Crippen LogP contribution >= 0.6 is 0 Å². The maximum Gasteiger partial charge on any atom is 0.226 e. The largest absolute Gasteiger partial charge is 0.341 e. The molecule has 3 rings (SSSR count). The maximum absolute atomic E-state index is 13.1. The molecule has 2 N–H and O–H groups in total. The van der Waals surface area contributed by atoms with Crippen molar-refractivity contribution in [2.24, 2.45) is 11.7 Å². The molecule has 4 heteroatoms. The number of carbonyl (C=O) groups is 1. The van der Waals surface area contributed by atoms with Gasteiger partial charge in [-0.2, -0.15) is 0 Å². The summed E-state index contributed by atoms with van der Waals surface area (Å²) in [6.45, 7) is 1.44. The fourth-order valence-electron chi connectivity index (χ4n) is 2.80. The first-order valence-electron chi connectivity index (χ1n) is 6.45. The third-order valence-corrected chi connectivity index (χ3v) is 3.92. The molecule has 18 heavy (non-hydrogen) atoms. The lowest BCUT2D eigenvalue weighted by Crippen LogP contribution is -2.33. The van der Waals surface area contributed by atoms with Crippen LogP contribution in [-0.4, -0.2) is 29.9 Å². The quantitative estimate of drug-likeness (QED) is 0.862. The lowest BCUT2D eigenvalue weighted by atomic mass is 10.1. The Hall–Kier alpha value is -1.42. The molecule has 2 fully saturated rings. The van der Waals surface area contributed by atoms with E-state index in [1.54, 1.807) is 6.07 Å². The molecule has 1 aliphatic heterocycles. The maximum atomic E-state index is 13.1. The first kappa shape index (κ1) is 11.7. The highest BCUT2D eigenvalue weighted by molar-refractivity contribution is 5.83. The molecule has 1 aromatic rings. The van der Waals surface area contributed by atoms with Gasteiger partial charge in [-0.15, -0.1) is 0 Å². The van der Waals surface area contributed by atoms with E-state index in [2.05, 4.69) is 0 Å². The summed E-state index contributed by atoms with van der Waals surface area (Å²) in [5.74, 6) is 0.202. The van der Waals surface area contributed by atoms with Crippen molar-refractivity contribution in [3.63, 3.8) is 0 Å². The van der Waals surface area contributed by atoms with Gasteiger partial charge in [0, 0.05) is 25.0 Å². The molecule has 1 saturated carbocycles. The Morgan fingerprint density at radius 3 is 2.94 bits per heavy atom. The van der Waals surface area contributed by atoms with Crippen LogP contribution in [0.4, 0.5) is 4.39 Å². The van der Waals surface area contributed by atoms with Crippen molar-refractivity contribution < 1.29 is 9.18 Å². The zero-order valence-corrected chi connectivity index (χ0v) is 10.2. The number of carbonyl (C=O) groups excluding carboxylic acids is 1. The summed E-state index contributed by atoms with van der Waals surface area (Å²) < 4.78 is 13.1. The van der Waals surface area contributed by atoms with E-state index in [0.29, 0.717) is 6.54 Å². The molecule has 0 radical (unpaired) electrons. The molecule has 0 spiro atoms. The molecule has 3 nitrogen and oxygen atoms in total. The van der Waals surface area contributed by atoms with Crippen LogP contribution in [0.3, 0.4) is 0 Å². The van der Waals surface area contributed by atoms with E-state index in [1.165, 1.54) is 12.1 Å². The Morgan fingerprint density at radius 2 is 2.28 bits per heavy atom. The van der Waals surface area contributed by atoms with Crippen molar-refractivity contribution in [1.82, 2.24) is 4.90 Å². The second kappa shape index (κ2) is 4.35. The molecule has 0 bridgehead atoms. The Balaban J connectivity index is 1.65. The highest BCUT2D eigenvalue weighted by Crippen LogP contribution is 2.48. The van der Waals surface area contributed by atoms with Gasteiger partial charge in [-0.3, -0.25) is 4.79 Å². The topological polar surface area (TPSA) is 46.3 Å². The summed E-state index contributed by atoms with van der Waals surface area (Å²) in [7, 11) is 0. The fourth-order valence-corrected chi connectivity index (χ4v) is 2.80. The SMILES string of the molecule is N[C@@H]1CCN(C(=O)[C@@H]2C[C@@H]2c2cccc(F)c2)C1. The van der Waals surface area contributed by atoms with Crippen LogP contribution in [0.15, 0.2) is 24.3 Å². The molecule has 2 aliphatic rings. The summed E-state index contributed by atoms with van der Waals surface area (Å²) in [6, 6.07) is 6.70. The van der Waals surface area contributed by atoms with Crippen molar-refractivity contribution in [3.05, 3.63) is 35.6 Å². The number of nitrogens with zero attached hydrogens (tertiary/aromatic N) is 1. The van der Waals surface area contributed by atoms with E-state index in [4.69, 9.17) is 5.73 Å². The minimum atomic E-state index is -0.228. The highest BCUT2D eigenvalue weighted by Gasteiger charge is 2.46. The van der Waals surface area contributed by atoms with Gasteiger partial charge in [-0.05, 0) is 36.5 Å². The zero-order chi connectivity index (χ0) is 12.7. The van der Waals surface area contributed by atoms with Crippen LogP contribution in [0.5, 0.6) is 0 Å². The van der Waals surface area contributed by atoms with Gasteiger partial charge < -0.3 is 10.6 Å². The normalized spacial score (nSPS) is 30.6. The molecule has 0 unspecified atom stereocenters. The van der Waals surface area contributed by atoms with Gasteiger partial charge >= 0.3 is 0 Å². The molecular formula is C14H17FN2O. The summed E-state index contributed by atoms with van der Waals surface area (Å²) in [5, 5.41) is 0. The highest BCUT2D eigenvalue weighted by atomic mass is 19.1. The monoisotopic (exact) mass is 248 g/mol. The van der Waals surface area contributed by atoms with E-state index in [0.717, 1.165) is 24.9 Å². The third-order valence-electron chi connectivity index (χ3n) is 3.92. The minimum Gasteiger partial charge on any atom is -0.341 e. The van der Waals surface area contributed by atoms with Crippen molar-refractivity contribution in [2.45, 2.75) is 24.8 Å². The Labute approximate surface area is 106 Å². The molecule has 1 amide bonds. The Morgan fingerprint density at radius 1 is 1.44 bits per heavy atom. The van der Waals surface area contributed by atoms with Crippen LogP contribution < -0.4 is 5.73 Å². The van der Waals surface area contributed by atoms with Gasteiger partial charge in [0.1, 0.15) is 5.82 Å². The van der Waals surface area contributed by atoms with Crippen LogP contribution in [0.25, 0.3) is 0 Å². The van der Waals surface area contributed by atoms with Crippen molar-refractivity contribution >= 4 is 5.91 Å². The van der Waals surface area contributed by atoms with E-state index in [-0.39, 0.29) is 29.6 Å². The standard InChI is InChI=1S/C14H17FN2O/c15-10-3-1-2-9(6-10)12-7-13(12)14(18)17-5-4-11(16)8-17/h1-3,6,11-13H,4-5,7-8,16H2/t11-,12-,13-/m1/s1. The Bertz CT molecular complexity index is 477. The fraction of sp³-hybridized carbons (Fsp3) is 0.500. The van der Waals surface area contributed by atoms with Gasteiger partial charge in [0.15, 0.2) is 0 Å². The van der Waals surface area contributed by atoms with E-state index < -0.39 is 0 Å². The van der Waals surface area contributed by atoms with Crippen molar-refractivity contribution in [2.75, 3.05) is 13.1 Å². The smallest absolute Gasteiger partial charge is 0.226 e. The summed E-state index contributed by atoms with van der Waals surface area (Å²) >= 11 is 0. The average Bonchev–Trinajstić information content (AvgIpc) is 3.04. The molecule has 0 aromatic heterocycles. The number of halogens is 1. The third kappa shape index (κ3) is 2.12. The van der Waals surface area contributed by atoms with Gasteiger partial charge in [0.2, 0.25) is 5.91 Å². The van der Waals surface area contributed by atoms with Crippen LogP contribution in [-0.2, 0) is 4.79 Å². The predicted octanol–water partition coefficient (Wildman–Crippen LogP) is 1.49. The predicted molar refractivity (Wildman–Crippen MR) is 66.4 cm³/mol. The minimum absolute atomic E-state index is 0.0390. The second-order valence-electron chi connectivity index (χ2n) is 5.34. The number of amides is 1. The van der Waals surface area contributed by atoms with Crippen LogP contribution in [0.2, 0.25) is 0 Å². The molecule has 1 aromatic carbocycles. The van der Waals surface area contributed by atoms with E-state index in [1.807, 2.05) is 11.0 Å². The lowest BCUT2D eigenvalue weighted by Gasteiger charge is -2.15. The first-order valence-corrected chi connectivity index (χ1v) is 6.45. The van der Waals surface area contributed by atoms with Crippen LogP contribution in [0, 0.1) is 11.7 Å². The molecule has 1 heterocycles. The van der Waals surface area contributed by atoms with Gasteiger partial charge in [0.05, 0.1) is 0 Å². The second-order valence-corrected chi connectivity index (χ2v) is 5.34. The van der Waals surface area contributed by atoms with Crippen molar-refractivity contribution in [3.8, 4) is 0 Å². The van der Waals surface area contributed by atoms with E-state index in [9.17, 15) is 9.18 Å².